The first kappa shape index (κ1) is 10.8. The van der Waals surface area contributed by atoms with Crippen molar-refractivity contribution in [1.29, 1.82) is 0 Å². The van der Waals surface area contributed by atoms with Gasteiger partial charge >= 0.3 is 0 Å². The van der Waals surface area contributed by atoms with E-state index in [4.69, 9.17) is 5.73 Å². The Bertz CT molecular complexity index is 868. The molecule has 19 heavy (non-hydrogen) atoms. The van der Waals surface area contributed by atoms with E-state index in [0.29, 0.717) is 6.54 Å². The number of para-hydroxylation sites is 1. The highest BCUT2D eigenvalue weighted by atomic mass is 32.1. The molecule has 3 heterocycles. The molecule has 0 saturated heterocycles. The second-order valence-electron chi connectivity index (χ2n) is 4.42. The molecule has 0 bridgehead atoms. The maximum atomic E-state index is 5.77. The Morgan fingerprint density at radius 2 is 2.21 bits per heavy atom. The number of fused-ring (bicyclic) bond motifs is 2. The number of hydrogen-bond acceptors (Lipinski definition) is 3. The molecule has 0 spiro atoms. The van der Waals surface area contributed by atoms with Crippen molar-refractivity contribution in [3.05, 3.63) is 47.9 Å². The van der Waals surface area contributed by atoms with Gasteiger partial charge in [0.05, 0.1) is 18.4 Å². The zero-order chi connectivity index (χ0) is 12.8. The zero-order valence-corrected chi connectivity index (χ0v) is 10.9. The van der Waals surface area contributed by atoms with Crippen molar-refractivity contribution >= 4 is 27.1 Å². The number of rotatable bonds is 2. The Hall–Kier alpha value is -2.11. The van der Waals surface area contributed by atoms with Crippen molar-refractivity contribution < 1.29 is 0 Å². The van der Waals surface area contributed by atoms with Gasteiger partial charge in [0.2, 0.25) is 0 Å². The molecule has 3 aromatic heterocycles. The third-order valence-electron chi connectivity index (χ3n) is 3.38. The fourth-order valence-corrected chi connectivity index (χ4v) is 3.38. The molecule has 94 valence electrons. The van der Waals surface area contributed by atoms with E-state index >= 15 is 0 Å². The molecule has 1 aromatic carbocycles. The maximum absolute atomic E-state index is 5.77. The highest BCUT2D eigenvalue weighted by molar-refractivity contribution is 7.15. The van der Waals surface area contributed by atoms with Crippen molar-refractivity contribution in [2.75, 3.05) is 0 Å². The minimum Gasteiger partial charge on any atom is -0.360 e. The van der Waals surface area contributed by atoms with Crippen LogP contribution in [0.3, 0.4) is 0 Å². The fraction of sp³-hybridized carbons (Fsp3) is 0.0714. The van der Waals surface area contributed by atoms with Gasteiger partial charge in [0.25, 0.3) is 0 Å². The van der Waals surface area contributed by atoms with Crippen LogP contribution in [0.15, 0.2) is 42.0 Å². The Labute approximate surface area is 113 Å². The average molecular weight is 268 g/mol. The van der Waals surface area contributed by atoms with Crippen LogP contribution in [0.2, 0.25) is 0 Å². The quantitative estimate of drug-likeness (QED) is 0.587. The van der Waals surface area contributed by atoms with Crippen molar-refractivity contribution in [2.24, 2.45) is 5.73 Å². The predicted octanol–water partition coefficient (Wildman–Crippen LogP) is 3.00. The van der Waals surface area contributed by atoms with Crippen LogP contribution in [0.5, 0.6) is 0 Å². The predicted molar refractivity (Wildman–Crippen MR) is 78.3 cm³/mol. The molecule has 0 radical (unpaired) electrons. The van der Waals surface area contributed by atoms with E-state index in [0.717, 1.165) is 21.9 Å². The minimum atomic E-state index is 0.445. The van der Waals surface area contributed by atoms with Gasteiger partial charge in [-0.25, -0.2) is 4.98 Å². The Kier molecular flexibility index (Phi) is 2.24. The summed E-state index contributed by atoms with van der Waals surface area (Å²) in [6.45, 7) is 0.445. The number of benzene rings is 1. The lowest BCUT2D eigenvalue weighted by atomic mass is 10.1. The van der Waals surface area contributed by atoms with E-state index in [9.17, 15) is 0 Å². The molecule has 0 aliphatic rings. The molecule has 0 aliphatic carbocycles. The topological polar surface area (TPSA) is 59.1 Å². The molecular formula is C14H12N4S. The summed E-state index contributed by atoms with van der Waals surface area (Å²) >= 11 is 1.69. The molecule has 0 aliphatic heterocycles. The van der Waals surface area contributed by atoms with Crippen LogP contribution in [-0.2, 0) is 6.54 Å². The third kappa shape index (κ3) is 1.46. The molecule has 0 saturated carbocycles. The van der Waals surface area contributed by atoms with Crippen molar-refractivity contribution in [3.8, 4) is 11.3 Å². The van der Waals surface area contributed by atoms with Crippen LogP contribution in [-0.4, -0.2) is 14.4 Å². The molecule has 4 nitrogen and oxygen atoms in total. The molecule has 5 heteroatoms. The van der Waals surface area contributed by atoms with Gasteiger partial charge in [-0.05, 0) is 6.07 Å². The number of nitrogens with one attached hydrogen (secondary N) is 1. The van der Waals surface area contributed by atoms with Gasteiger partial charge in [-0.3, -0.25) is 4.40 Å². The summed E-state index contributed by atoms with van der Waals surface area (Å²) in [4.78, 5) is 8.80. The summed E-state index contributed by atoms with van der Waals surface area (Å²) in [5.41, 5.74) is 9.25. The van der Waals surface area contributed by atoms with Gasteiger partial charge in [-0.2, -0.15) is 0 Å². The van der Waals surface area contributed by atoms with E-state index < -0.39 is 0 Å². The molecule has 4 aromatic rings. The van der Waals surface area contributed by atoms with Crippen LogP contribution in [0, 0.1) is 0 Å². The van der Waals surface area contributed by atoms with Gasteiger partial charge in [0.15, 0.2) is 0 Å². The second kappa shape index (κ2) is 3.94. The van der Waals surface area contributed by atoms with Crippen molar-refractivity contribution in [1.82, 2.24) is 14.4 Å². The van der Waals surface area contributed by atoms with Gasteiger partial charge in [-0.1, -0.05) is 18.2 Å². The van der Waals surface area contributed by atoms with Gasteiger partial charge in [0, 0.05) is 28.0 Å². The van der Waals surface area contributed by atoms with Crippen LogP contribution >= 0.6 is 11.3 Å². The SMILES string of the molecule is NCc1ncc2scc(-c3c[nH]c4ccccc34)n12. The van der Waals surface area contributed by atoms with E-state index in [1.807, 2.05) is 18.5 Å². The number of hydrogen-bond donors (Lipinski definition) is 2. The first-order chi connectivity index (χ1) is 9.38. The standard InChI is InChI=1S/C14H12N4S/c15-5-13-17-7-14-18(13)12(8-19-14)10-6-16-11-4-2-1-3-9(10)11/h1-4,6-8,16H,5,15H2. The largest absolute Gasteiger partial charge is 0.360 e. The van der Waals surface area contributed by atoms with Crippen molar-refractivity contribution in [2.45, 2.75) is 6.54 Å². The molecule has 0 atom stereocenters. The second-order valence-corrected chi connectivity index (χ2v) is 5.31. The van der Waals surface area contributed by atoms with Crippen molar-refractivity contribution in [3.63, 3.8) is 0 Å². The smallest absolute Gasteiger partial charge is 0.128 e. The molecule has 0 fully saturated rings. The lowest BCUT2D eigenvalue weighted by Crippen LogP contribution is -2.02. The van der Waals surface area contributed by atoms with Crippen LogP contribution in [0.25, 0.3) is 27.0 Å². The van der Waals surface area contributed by atoms with Crippen LogP contribution in [0.4, 0.5) is 0 Å². The number of aromatic amines is 1. The van der Waals surface area contributed by atoms with Gasteiger partial charge < -0.3 is 10.7 Å². The third-order valence-corrected chi connectivity index (χ3v) is 4.25. The number of imidazole rings is 1. The number of nitrogens with two attached hydrogens (primary N) is 1. The van der Waals surface area contributed by atoms with E-state index in [2.05, 4.69) is 37.9 Å². The number of H-pyrrole nitrogens is 1. The summed E-state index contributed by atoms with van der Waals surface area (Å²) < 4.78 is 2.14. The maximum Gasteiger partial charge on any atom is 0.128 e. The van der Waals surface area contributed by atoms with E-state index in [-0.39, 0.29) is 0 Å². The van der Waals surface area contributed by atoms with Gasteiger partial charge in [-0.15, -0.1) is 11.3 Å². The summed E-state index contributed by atoms with van der Waals surface area (Å²) in [5.74, 6) is 0.900. The first-order valence-electron chi connectivity index (χ1n) is 6.09. The van der Waals surface area contributed by atoms with E-state index in [1.165, 1.54) is 10.9 Å². The number of thiazole rings is 1. The first-order valence-corrected chi connectivity index (χ1v) is 6.97. The number of nitrogens with zero attached hydrogens (tertiary/aromatic N) is 2. The summed E-state index contributed by atoms with van der Waals surface area (Å²) in [7, 11) is 0. The zero-order valence-electron chi connectivity index (χ0n) is 10.1. The summed E-state index contributed by atoms with van der Waals surface area (Å²) in [5, 5.41) is 3.38. The molecule has 4 rings (SSSR count). The lowest BCUT2D eigenvalue weighted by molar-refractivity contribution is 0.912. The normalized spacial score (nSPS) is 11.6. The molecule has 0 amide bonds. The summed E-state index contributed by atoms with van der Waals surface area (Å²) in [6.07, 6.45) is 3.93. The monoisotopic (exact) mass is 268 g/mol. The Balaban J connectivity index is 2.06. The molecular weight excluding hydrogens is 256 g/mol. The highest BCUT2D eigenvalue weighted by Gasteiger charge is 2.13. The minimum absolute atomic E-state index is 0.445. The lowest BCUT2D eigenvalue weighted by Gasteiger charge is -2.01. The summed E-state index contributed by atoms with van der Waals surface area (Å²) in [6, 6.07) is 8.30. The van der Waals surface area contributed by atoms with Crippen LogP contribution in [0.1, 0.15) is 5.82 Å². The average Bonchev–Trinajstić information content (AvgIpc) is 3.12. The Morgan fingerprint density at radius 3 is 3.11 bits per heavy atom. The fourth-order valence-electron chi connectivity index (χ4n) is 2.49. The molecule has 0 unspecified atom stereocenters. The van der Waals surface area contributed by atoms with Gasteiger partial charge in [0.1, 0.15) is 10.7 Å². The Morgan fingerprint density at radius 1 is 1.32 bits per heavy atom. The van der Waals surface area contributed by atoms with E-state index in [1.54, 1.807) is 11.3 Å². The van der Waals surface area contributed by atoms with Crippen LogP contribution < -0.4 is 5.73 Å². The number of aromatic nitrogens is 3. The molecule has 3 N–H and O–H groups in total. The highest BCUT2D eigenvalue weighted by Crippen LogP contribution is 2.32.